The lowest BCUT2D eigenvalue weighted by molar-refractivity contribution is -0.141. The van der Waals surface area contributed by atoms with E-state index in [0.29, 0.717) is 18.5 Å². The van der Waals surface area contributed by atoms with E-state index in [4.69, 9.17) is 22.3 Å². The van der Waals surface area contributed by atoms with Crippen LogP contribution in [-0.2, 0) is 89.6 Å². The molecule has 15 atom stereocenters. The molecule has 2 aromatic rings. The number of aliphatic hydroxyl groups is 1. The Hall–Kier alpha value is -11.4. The number of rotatable bonds is 54. The molecule has 28 N–H and O–H groups in total. The van der Waals surface area contributed by atoms with E-state index < -0.39 is 242 Å². The van der Waals surface area contributed by atoms with Crippen molar-refractivity contribution in [3.8, 4) is 5.75 Å². The molecule has 0 saturated carbocycles. The largest absolute Gasteiger partial charge is 0.508 e. The summed E-state index contributed by atoms with van der Waals surface area (Å²) in [5.74, 6) is -20.7. The number of hydrogen-bond acceptors (Lipinski definition) is 23. The molecule has 1 aliphatic rings. The molecule has 0 bridgehead atoms. The number of H-pyrrole nitrogens is 1. The average Bonchev–Trinajstić information content (AvgIpc) is 0.928. The van der Waals surface area contributed by atoms with Crippen LogP contribution < -0.4 is 96.5 Å². The van der Waals surface area contributed by atoms with Crippen LogP contribution in [0.3, 0.4) is 0 Å². The highest BCUT2D eigenvalue weighted by Crippen LogP contribution is 2.18. The Bertz CT molecular complexity index is 3700. The Balaban J connectivity index is 1.92. The number of benzene rings is 1. The SMILES string of the molecule is CC[C@H](C)[C@H](NC(=O)[C@H](CCCNC(=N)N)NC(=O)[C@H](CCC(=O)O)NC(=O)[C@@H](NC(=O)[C@@H](NC(=O)[C@H](CCCNC(=N)N)NC(=O)[C@H](CO)NC(=O)CNC(=O)[C@H](Cc1ccc(O)cc1)NC(=O)[C@@H]1CCCN1)C(C)C)[C@@H](C)CC)C(=O)N[C@@H](CC(C)C)C(=O)N[C@@H](CCC(=O)O)C(=O)N[C@@H](Cc1c[nH]cn1)C(=O)N[C@@H](CS)C(=O)O. The van der Waals surface area contributed by atoms with Crippen LogP contribution in [0.5, 0.6) is 5.75 Å². The number of aromatic hydroxyl groups is 1. The molecule has 13 amide bonds. The van der Waals surface area contributed by atoms with Gasteiger partial charge in [0, 0.05) is 50.7 Å². The number of amides is 13. The van der Waals surface area contributed by atoms with Gasteiger partial charge >= 0.3 is 17.9 Å². The summed E-state index contributed by atoms with van der Waals surface area (Å²) in [4.78, 5) is 226. The third-order valence-electron chi connectivity index (χ3n) is 19.0. The minimum atomic E-state index is -1.78. The first-order valence-corrected chi connectivity index (χ1v) is 39.3. The van der Waals surface area contributed by atoms with Crippen LogP contribution in [0.2, 0.25) is 0 Å². The summed E-state index contributed by atoms with van der Waals surface area (Å²) in [6, 6.07) is -13.4. The molecule has 2 heterocycles. The summed E-state index contributed by atoms with van der Waals surface area (Å²) in [5, 5.41) is 105. The predicted molar refractivity (Wildman–Crippen MR) is 425 cm³/mol. The van der Waals surface area contributed by atoms with Gasteiger partial charge in [0.25, 0.3) is 0 Å². The number of nitrogens with two attached hydrogens (primary N) is 2. The fraction of sp³-hybridized carbons (Fsp3) is 0.630. The van der Waals surface area contributed by atoms with E-state index in [9.17, 15) is 102 Å². The number of aromatic amines is 1. The monoisotopic (exact) mass is 1670 g/mol. The number of imidazole rings is 1. The lowest BCUT2D eigenvalue weighted by Crippen LogP contribution is -2.62. The van der Waals surface area contributed by atoms with E-state index in [1.165, 1.54) is 38.5 Å². The van der Waals surface area contributed by atoms with Gasteiger partial charge in [-0.15, -0.1) is 0 Å². The van der Waals surface area contributed by atoms with Gasteiger partial charge in [0.15, 0.2) is 11.9 Å². The van der Waals surface area contributed by atoms with Gasteiger partial charge in [-0.2, -0.15) is 12.6 Å². The first-order valence-electron chi connectivity index (χ1n) is 38.7. The summed E-state index contributed by atoms with van der Waals surface area (Å²) in [6.07, 6.45) is 0.745. The summed E-state index contributed by atoms with van der Waals surface area (Å²) in [6.45, 7) is 11.6. The van der Waals surface area contributed by atoms with Gasteiger partial charge in [-0.1, -0.05) is 80.4 Å². The first-order chi connectivity index (χ1) is 55.2. The van der Waals surface area contributed by atoms with Crippen LogP contribution in [0.1, 0.15) is 150 Å². The van der Waals surface area contributed by atoms with E-state index >= 15 is 0 Å². The van der Waals surface area contributed by atoms with Crippen molar-refractivity contribution >= 4 is 119 Å². The van der Waals surface area contributed by atoms with Gasteiger partial charge in [-0.25, -0.2) is 9.78 Å². The maximum atomic E-state index is 14.7. The van der Waals surface area contributed by atoms with Crippen molar-refractivity contribution in [2.45, 2.75) is 230 Å². The molecule has 0 aliphatic carbocycles. The minimum absolute atomic E-state index is 0.00430. The molecule has 1 aliphatic heterocycles. The number of aliphatic carboxylic acids is 3. The molecule has 3 rings (SSSR count). The molecule has 1 fully saturated rings. The van der Waals surface area contributed by atoms with E-state index in [1.54, 1.807) is 53.7 Å². The second kappa shape index (κ2) is 51.5. The lowest BCUT2D eigenvalue weighted by atomic mass is 9.95. The quantitative estimate of drug-likeness (QED) is 0.0127. The minimum Gasteiger partial charge on any atom is -0.508 e. The second-order valence-corrected chi connectivity index (χ2v) is 29.6. The number of carbonyl (C=O) groups is 16. The van der Waals surface area contributed by atoms with Crippen molar-refractivity contribution < 1.29 is 102 Å². The molecule has 1 aromatic carbocycles. The van der Waals surface area contributed by atoms with Gasteiger partial charge in [0.2, 0.25) is 76.8 Å². The third kappa shape index (κ3) is 36.5. The van der Waals surface area contributed by atoms with E-state index in [-0.39, 0.29) is 94.0 Å². The van der Waals surface area contributed by atoms with Gasteiger partial charge in [-0.3, -0.25) is 82.7 Å². The zero-order valence-electron chi connectivity index (χ0n) is 66.9. The number of aliphatic hydroxyl groups excluding tert-OH is 1. The number of guanidine groups is 2. The van der Waals surface area contributed by atoms with Crippen LogP contribution in [0.15, 0.2) is 36.8 Å². The molecule has 1 aromatic heterocycles. The topological polar surface area (TPSA) is 695 Å². The molecule has 0 unspecified atom stereocenters. The van der Waals surface area contributed by atoms with Crippen molar-refractivity contribution in [2.75, 3.05) is 38.5 Å². The Morgan fingerprint density at radius 3 is 1.38 bits per heavy atom. The Labute approximate surface area is 682 Å². The van der Waals surface area contributed by atoms with Crippen LogP contribution in [0.25, 0.3) is 0 Å². The Kier molecular flexibility index (Phi) is 43.9. The maximum absolute atomic E-state index is 14.7. The number of nitrogens with one attached hydrogen (secondary N) is 19. The highest BCUT2D eigenvalue weighted by molar-refractivity contribution is 7.80. The number of nitrogens with zero attached hydrogens (tertiary/aromatic N) is 1. The lowest BCUT2D eigenvalue weighted by Gasteiger charge is -2.31. The molecule has 1 saturated heterocycles. The predicted octanol–water partition coefficient (Wildman–Crippen LogP) is -5.36. The molecule has 0 radical (unpaired) electrons. The fourth-order valence-corrected chi connectivity index (χ4v) is 12.2. The Morgan fingerprint density at radius 1 is 0.521 bits per heavy atom. The highest BCUT2D eigenvalue weighted by atomic mass is 32.1. The highest BCUT2D eigenvalue weighted by Gasteiger charge is 2.40. The number of carboxylic acid groups (broad SMARTS) is 3. The number of phenolic OH excluding ortho intramolecular Hbond substituents is 1. The Morgan fingerprint density at radius 2 is 0.949 bits per heavy atom. The second-order valence-electron chi connectivity index (χ2n) is 29.2. The number of carbonyl (C=O) groups excluding carboxylic acids is 13. The molecule has 43 nitrogen and oxygen atoms in total. The van der Waals surface area contributed by atoms with E-state index in [1.807, 2.05) is 0 Å². The zero-order valence-corrected chi connectivity index (χ0v) is 67.8. The van der Waals surface area contributed by atoms with Gasteiger partial charge < -0.3 is 127 Å². The standard InChI is InChI=1S/C73H118N22O21S/c1-9-38(7)57(70(114)91-48(28-36(3)4)65(109)87-46(21-23-54(99)100)62(106)90-50(30-41-31-78-35-83-41)66(110)92-52(34-117)71(115)116)94-64(108)45(16-13-27-81-73(76)77)85-61(105)47(22-24-55(101)102)88-69(113)58(39(8)10-2)95-68(112)56(37(5)6)93-63(107)44(15-12-26-80-72(74)75)86-67(111)51(33-96)84-53(98)32-82-59(103)49(29-40-17-19-42(97)20-18-40)89-60(104)43-14-11-25-79-43/h17-20,31,35-39,43-52,56-58,79,96-97,117H,9-16,21-30,32-34H2,1-8H3,(H,78,83)(H,82,103)(H,84,98)(H,85,105)(H,86,111)(H,87,109)(H,88,113)(H,89,104)(H,90,106)(H,91,114)(H,92,110)(H,93,107)(H,94,108)(H,95,112)(H,99,100)(H,101,102)(H,115,116)(H4,74,75,80)(H4,76,77,81)/t38-,39-,43-,44-,45-,46-,47-,48-,49-,50-,51-,52-,56-,57-,58-/m0/s1. The van der Waals surface area contributed by atoms with E-state index in [2.05, 4.69) is 108 Å². The molecular formula is C73H118N22O21S. The third-order valence-corrected chi connectivity index (χ3v) is 19.4. The fourth-order valence-electron chi connectivity index (χ4n) is 11.9. The van der Waals surface area contributed by atoms with Crippen molar-refractivity contribution in [1.82, 2.24) is 95.0 Å². The van der Waals surface area contributed by atoms with Crippen LogP contribution >= 0.6 is 12.6 Å². The summed E-state index contributed by atoms with van der Waals surface area (Å²) in [5.41, 5.74) is 11.8. The molecule has 0 spiro atoms. The zero-order chi connectivity index (χ0) is 87.8. The summed E-state index contributed by atoms with van der Waals surface area (Å²) >= 11 is 3.98. The van der Waals surface area contributed by atoms with Gasteiger partial charge in [0.05, 0.1) is 31.2 Å². The van der Waals surface area contributed by atoms with Gasteiger partial charge in [-0.05, 0) is 106 Å². The summed E-state index contributed by atoms with van der Waals surface area (Å²) in [7, 11) is 0. The summed E-state index contributed by atoms with van der Waals surface area (Å²) < 4.78 is 0. The number of hydrogen-bond donors (Lipinski definition) is 27. The molecular weight excluding hydrogens is 1550 g/mol. The average molecular weight is 1670 g/mol. The molecule has 44 heteroatoms. The molecule has 652 valence electrons. The van der Waals surface area contributed by atoms with E-state index in [0.717, 1.165) is 6.42 Å². The first kappa shape index (κ1) is 99.8. The smallest absolute Gasteiger partial charge is 0.327 e. The van der Waals surface area contributed by atoms with Crippen molar-refractivity contribution in [2.24, 2.45) is 35.1 Å². The number of thiol groups is 1. The van der Waals surface area contributed by atoms with Gasteiger partial charge in [0.1, 0.15) is 78.3 Å². The van der Waals surface area contributed by atoms with Crippen molar-refractivity contribution in [3.63, 3.8) is 0 Å². The van der Waals surface area contributed by atoms with Crippen molar-refractivity contribution in [3.05, 3.63) is 48.0 Å². The maximum Gasteiger partial charge on any atom is 0.327 e. The number of aromatic nitrogens is 2. The number of carboxylic acids is 3. The van der Waals surface area contributed by atoms with Crippen LogP contribution in [-0.4, -0.2) is 259 Å². The van der Waals surface area contributed by atoms with Crippen LogP contribution in [0.4, 0.5) is 0 Å². The number of phenols is 1. The normalized spacial score (nSPS) is 16.0. The van der Waals surface area contributed by atoms with Crippen molar-refractivity contribution in [1.29, 1.82) is 10.8 Å². The molecule has 117 heavy (non-hydrogen) atoms. The van der Waals surface area contributed by atoms with Crippen LogP contribution in [0, 0.1) is 34.5 Å².